The van der Waals surface area contributed by atoms with E-state index in [4.69, 9.17) is 4.74 Å². The summed E-state index contributed by atoms with van der Waals surface area (Å²) in [5.74, 6) is -0.698. The minimum Gasteiger partial charge on any atom is -0.480 e. The van der Waals surface area contributed by atoms with Gasteiger partial charge in [0.05, 0.1) is 0 Å². The Bertz CT molecular complexity index is 630. The highest BCUT2D eigenvalue weighted by molar-refractivity contribution is 5.90. The normalized spacial score (nSPS) is 26.7. The predicted molar refractivity (Wildman–Crippen MR) is 106 cm³/mol. The van der Waals surface area contributed by atoms with Crippen LogP contribution in [-0.2, 0) is 14.3 Å². The Labute approximate surface area is 168 Å². The Hall–Kier alpha value is -1.79. The van der Waals surface area contributed by atoms with Gasteiger partial charge in [0.1, 0.15) is 17.7 Å². The van der Waals surface area contributed by atoms with Crippen LogP contribution in [0.15, 0.2) is 0 Å². The summed E-state index contributed by atoms with van der Waals surface area (Å²) >= 11 is 0. The smallest absolute Gasteiger partial charge is 0.408 e. The summed E-state index contributed by atoms with van der Waals surface area (Å²) < 4.78 is 5.32. The second kappa shape index (κ2) is 7.56. The molecule has 1 aliphatic carbocycles. The van der Waals surface area contributed by atoms with Crippen molar-refractivity contribution in [3.05, 3.63) is 0 Å². The van der Waals surface area contributed by atoms with E-state index in [2.05, 4.69) is 12.2 Å². The molecule has 7 nitrogen and oxygen atoms in total. The standard InChI is InChI=1S/C21H36N2O5/c1-19(2,3)15(22-18(27)28-20(4,5)6)16(24)23-12-21(7,10-13-8-9-13)11-14(23)17(25)26/h13-15H,8-12H2,1-7H3,(H,22,27)(H,25,26)/t14-,15+,21-/m0/s1. The molecular weight excluding hydrogens is 360 g/mol. The summed E-state index contributed by atoms with van der Waals surface area (Å²) in [5.41, 5.74) is -1.48. The average molecular weight is 397 g/mol. The minimum absolute atomic E-state index is 0.200. The molecule has 2 fully saturated rings. The van der Waals surface area contributed by atoms with E-state index in [9.17, 15) is 19.5 Å². The van der Waals surface area contributed by atoms with Crippen molar-refractivity contribution in [3.63, 3.8) is 0 Å². The number of likely N-dealkylation sites (tertiary alicyclic amines) is 1. The molecule has 1 saturated heterocycles. The number of rotatable bonds is 5. The van der Waals surface area contributed by atoms with E-state index >= 15 is 0 Å². The van der Waals surface area contributed by atoms with Crippen molar-refractivity contribution in [2.24, 2.45) is 16.7 Å². The Morgan fingerprint density at radius 1 is 1.18 bits per heavy atom. The first-order valence-electron chi connectivity index (χ1n) is 10.1. The fourth-order valence-corrected chi connectivity index (χ4v) is 4.02. The van der Waals surface area contributed by atoms with Gasteiger partial charge in [0.25, 0.3) is 0 Å². The molecule has 160 valence electrons. The Kier molecular flexibility index (Phi) is 6.07. The van der Waals surface area contributed by atoms with Crippen LogP contribution in [0.25, 0.3) is 0 Å². The lowest BCUT2D eigenvalue weighted by molar-refractivity contribution is -0.150. The number of aliphatic carboxylic acids is 1. The highest BCUT2D eigenvalue weighted by Crippen LogP contribution is 2.47. The monoisotopic (exact) mass is 396 g/mol. The largest absolute Gasteiger partial charge is 0.480 e. The first-order valence-corrected chi connectivity index (χ1v) is 10.1. The Morgan fingerprint density at radius 2 is 1.75 bits per heavy atom. The van der Waals surface area contributed by atoms with Gasteiger partial charge in [0.15, 0.2) is 0 Å². The molecule has 1 saturated carbocycles. The number of amides is 2. The number of alkyl carbamates (subject to hydrolysis) is 1. The number of nitrogens with one attached hydrogen (secondary N) is 1. The van der Waals surface area contributed by atoms with Crippen molar-refractivity contribution in [2.75, 3.05) is 6.54 Å². The molecule has 3 atom stereocenters. The topological polar surface area (TPSA) is 95.9 Å². The minimum atomic E-state index is -0.988. The van der Waals surface area contributed by atoms with Gasteiger partial charge in [-0.2, -0.15) is 0 Å². The summed E-state index contributed by atoms with van der Waals surface area (Å²) in [6, 6.07) is -1.73. The first kappa shape index (κ1) is 22.5. The van der Waals surface area contributed by atoms with Crippen LogP contribution in [0.1, 0.15) is 74.1 Å². The Balaban J connectivity index is 2.21. The van der Waals surface area contributed by atoms with Crippen LogP contribution in [0, 0.1) is 16.7 Å². The molecule has 0 aromatic rings. The van der Waals surface area contributed by atoms with E-state index in [-0.39, 0.29) is 11.3 Å². The van der Waals surface area contributed by atoms with Crippen molar-refractivity contribution >= 4 is 18.0 Å². The number of nitrogens with zero attached hydrogens (tertiary/aromatic N) is 1. The van der Waals surface area contributed by atoms with Gasteiger partial charge < -0.3 is 20.1 Å². The third-order valence-electron chi connectivity index (χ3n) is 5.44. The van der Waals surface area contributed by atoms with Crippen LogP contribution in [-0.4, -0.2) is 52.2 Å². The highest BCUT2D eigenvalue weighted by atomic mass is 16.6. The molecule has 2 rings (SSSR count). The molecule has 0 bridgehead atoms. The number of carbonyl (C=O) groups is 3. The quantitative estimate of drug-likeness (QED) is 0.742. The number of hydrogen-bond donors (Lipinski definition) is 2. The maximum Gasteiger partial charge on any atom is 0.408 e. The van der Waals surface area contributed by atoms with E-state index in [1.165, 1.54) is 17.7 Å². The van der Waals surface area contributed by atoms with Gasteiger partial charge in [-0.15, -0.1) is 0 Å². The van der Waals surface area contributed by atoms with E-state index in [1.807, 2.05) is 20.8 Å². The van der Waals surface area contributed by atoms with Gasteiger partial charge in [0, 0.05) is 6.54 Å². The fourth-order valence-electron chi connectivity index (χ4n) is 4.02. The maximum absolute atomic E-state index is 13.4. The van der Waals surface area contributed by atoms with Crippen LogP contribution in [0.3, 0.4) is 0 Å². The molecule has 2 amide bonds. The molecule has 0 unspecified atom stereocenters. The Morgan fingerprint density at radius 3 is 2.18 bits per heavy atom. The lowest BCUT2D eigenvalue weighted by Gasteiger charge is -2.35. The third kappa shape index (κ3) is 5.85. The number of hydrogen-bond acceptors (Lipinski definition) is 4. The third-order valence-corrected chi connectivity index (χ3v) is 5.44. The highest BCUT2D eigenvalue weighted by Gasteiger charge is 2.50. The number of carbonyl (C=O) groups excluding carboxylic acids is 2. The molecule has 1 heterocycles. The molecule has 0 radical (unpaired) electrons. The van der Waals surface area contributed by atoms with Crippen LogP contribution in [0.2, 0.25) is 0 Å². The molecule has 0 spiro atoms. The predicted octanol–water partition coefficient (Wildman–Crippen LogP) is 3.42. The van der Waals surface area contributed by atoms with Gasteiger partial charge >= 0.3 is 12.1 Å². The first-order chi connectivity index (χ1) is 12.6. The van der Waals surface area contributed by atoms with Crippen molar-refractivity contribution in [3.8, 4) is 0 Å². The van der Waals surface area contributed by atoms with Crippen molar-refractivity contribution in [2.45, 2.75) is 91.8 Å². The van der Waals surface area contributed by atoms with Gasteiger partial charge in [-0.05, 0) is 50.4 Å². The molecule has 0 aromatic carbocycles. The zero-order valence-corrected chi connectivity index (χ0v) is 18.3. The van der Waals surface area contributed by atoms with Gasteiger partial charge in [-0.1, -0.05) is 40.5 Å². The SMILES string of the molecule is CC(C)(C)OC(=O)N[C@H](C(=O)N1C[C@@](C)(CC2CC2)C[C@H]1C(=O)O)C(C)(C)C. The summed E-state index contributed by atoms with van der Waals surface area (Å²) in [6.07, 6.45) is 3.10. The second-order valence-electron chi connectivity index (χ2n) is 10.9. The lowest BCUT2D eigenvalue weighted by atomic mass is 9.82. The van der Waals surface area contributed by atoms with Crippen LogP contribution in [0.4, 0.5) is 4.79 Å². The zero-order chi connectivity index (χ0) is 21.5. The summed E-state index contributed by atoms with van der Waals surface area (Å²) in [4.78, 5) is 39.0. The van der Waals surface area contributed by atoms with Crippen LogP contribution in [0.5, 0.6) is 0 Å². The van der Waals surface area contributed by atoms with Crippen LogP contribution >= 0.6 is 0 Å². The molecule has 1 aliphatic heterocycles. The van der Waals surface area contributed by atoms with Gasteiger partial charge in [-0.3, -0.25) is 4.79 Å². The van der Waals surface area contributed by atoms with Crippen molar-refractivity contribution in [1.29, 1.82) is 0 Å². The summed E-state index contributed by atoms with van der Waals surface area (Å²) in [6.45, 7) is 13.3. The maximum atomic E-state index is 13.4. The number of ether oxygens (including phenoxy) is 1. The van der Waals surface area contributed by atoms with Crippen molar-refractivity contribution in [1.82, 2.24) is 10.2 Å². The molecule has 0 aromatic heterocycles. The summed E-state index contributed by atoms with van der Waals surface area (Å²) in [5, 5.41) is 12.4. The molecule has 28 heavy (non-hydrogen) atoms. The van der Waals surface area contributed by atoms with Crippen LogP contribution < -0.4 is 5.32 Å². The molecular formula is C21H36N2O5. The second-order valence-corrected chi connectivity index (χ2v) is 10.9. The van der Waals surface area contributed by atoms with Gasteiger partial charge in [-0.25, -0.2) is 9.59 Å². The number of carboxylic acids is 1. The molecule has 2 N–H and O–H groups in total. The van der Waals surface area contributed by atoms with E-state index < -0.39 is 35.2 Å². The van der Waals surface area contributed by atoms with Crippen molar-refractivity contribution < 1.29 is 24.2 Å². The zero-order valence-electron chi connectivity index (χ0n) is 18.3. The van der Waals surface area contributed by atoms with E-state index in [0.29, 0.717) is 18.9 Å². The van der Waals surface area contributed by atoms with E-state index in [1.54, 1.807) is 20.8 Å². The fraction of sp³-hybridized carbons (Fsp3) is 0.857. The molecule has 2 aliphatic rings. The lowest BCUT2D eigenvalue weighted by Crippen LogP contribution is -2.57. The van der Waals surface area contributed by atoms with Gasteiger partial charge in [0.2, 0.25) is 5.91 Å². The molecule has 7 heteroatoms. The number of carboxylic acid groups (broad SMARTS) is 1. The summed E-state index contributed by atoms with van der Waals surface area (Å²) in [7, 11) is 0. The average Bonchev–Trinajstić information content (AvgIpc) is 3.21. The van der Waals surface area contributed by atoms with E-state index in [0.717, 1.165) is 6.42 Å².